The third-order valence-electron chi connectivity index (χ3n) is 3.73. The lowest BCUT2D eigenvalue weighted by Gasteiger charge is -2.14. The molecule has 0 aliphatic carbocycles. The number of ether oxygens (including phenoxy) is 1. The van der Waals surface area contributed by atoms with Crippen LogP contribution < -0.4 is 4.74 Å². The van der Waals surface area contributed by atoms with Gasteiger partial charge in [0, 0.05) is 5.75 Å². The van der Waals surface area contributed by atoms with Crippen LogP contribution in [0.1, 0.15) is 17.0 Å². The van der Waals surface area contributed by atoms with Crippen molar-refractivity contribution in [1.82, 2.24) is 14.9 Å². The summed E-state index contributed by atoms with van der Waals surface area (Å²) >= 11 is 1.64. The van der Waals surface area contributed by atoms with Gasteiger partial charge in [-0.25, -0.2) is 0 Å². The summed E-state index contributed by atoms with van der Waals surface area (Å²) < 4.78 is 7.59. The van der Waals surface area contributed by atoms with Gasteiger partial charge in [0.1, 0.15) is 12.4 Å². The van der Waals surface area contributed by atoms with Crippen molar-refractivity contribution in [1.29, 1.82) is 0 Å². The normalized spacial score (nSPS) is 13.3. The molecule has 0 saturated carbocycles. The molecule has 6 heteroatoms. The van der Waals surface area contributed by atoms with Gasteiger partial charge in [-0.3, -0.25) is 0 Å². The van der Waals surface area contributed by atoms with Crippen LogP contribution >= 0.6 is 11.8 Å². The quantitative estimate of drug-likeness (QED) is 0.731. The molecule has 0 N–H and O–H groups in total. The van der Waals surface area contributed by atoms with E-state index in [9.17, 15) is 0 Å². The number of hydrogen-bond donors (Lipinski definition) is 0. The Labute approximate surface area is 144 Å². The summed E-state index contributed by atoms with van der Waals surface area (Å²) in [5.41, 5.74) is 3.34. The molecule has 0 atom stereocenters. The van der Waals surface area contributed by atoms with E-state index < -0.39 is 0 Å². The second-order valence-corrected chi connectivity index (χ2v) is 6.46. The van der Waals surface area contributed by atoms with Crippen LogP contribution in [0.5, 0.6) is 5.75 Å². The number of fused-ring (bicyclic) bond motifs is 1. The summed E-state index contributed by atoms with van der Waals surface area (Å²) in [5.74, 6) is 2.31. The fourth-order valence-corrected chi connectivity index (χ4v) is 3.27. The first-order valence-electron chi connectivity index (χ1n) is 7.69. The number of aromatic nitrogens is 3. The molecule has 0 bridgehead atoms. The van der Waals surface area contributed by atoms with Crippen LogP contribution in [0.3, 0.4) is 0 Å². The Kier molecular flexibility index (Phi) is 4.04. The largest absolute Gasteiger partial charge is 0.486 e. The van der Waals surface area contributed by atoms with Crippen molar-refractivity contribution in [3.05, 3.63) is 71.5 Å². The zero-order valence-corrected chi connectivity index (χ0v) is 14.0. The van der Waals surface area contributed by atoms with Crippen molar-refractivity contribution >= 4 is 17.5 Å². The van der Waals surface area contributed by atoms with Gasteiger partial charge in [0.2, 0.25) is 5.16 Å². The van der Waals surface area contributed by atoms with Gasteiger partial charge < -0.3 is 4.74 Å². The molecule has 0 fully saturated rings. The molecule has 0 spiro atoms. The van der Waals surface area contributed by atoms with Gasteiger partial charge in [0.15, 0.2) is 5.82 Å². The van der Waals surface area contributed by atoms with E-state index in [0.29, 0.717) is 12.4 Å². The molecule has 120 valence electrons. The minimum atomic E-state index is 0.336. The summed E-state index contributed by atoms with van der Waals surface area (Å²) in [5, 5.41) is 13.9. The van der Waals surface area contributed by atoms with Gasteiger partial charge in [-0.2, -0.15) is 9.78 Å². The summed E-state index contributed by atoms with van der Waals surface area (Å²) in [4.78, 5) is 0. The number of rotatable bonds is 4. The third kappa shape index (κ3) is 3.05. The minimum absolute atomic E-state index is 0.336. The Bertz CT molecular complexity index is 872. The van der Waals surface area contributed by atoms with Crippen molar-refractivity contribution in [2.45, 2.75) is 18.7 Å². The lowest BCUT2D eigenvalue weighted by atomic mass is 10.1. The molecule has 0 radical (unpaired) electrons. The number of thioether (sulfide) groups is 1. The van der Waals surface area contributed by atoms with Gasteiger partial charge in [0.25, 0.3) is 0 Å². The second-order valence-electron chi connectivity index (χ2n) is 5.51. The van der Waals surface area contributed by atoms with E-state index in [1.54, 1.807) is 16.4 Å². The molecule has 0 saturated heterocycles. The highest BCUT2D eigenvalue weighted by atomic mass is 32.2. The van der Waals surface area contributed by atoms with E-state index in [-0.39, 0.29) is 0 Å². The highest BCUT2D eigenvalue weighted by Crippen LogP contribution is 2.24. The number of benzene rings is 2. The first-order chi connectivity index (χ1) is 11.8. The fourth-order valence-electron chi connectivity index (χ4n) is 2.41. The van der Waals surface area contributed by atoms with Crippen molar-refractivity contribution in [2.24, 2.45) is 5.10 Å². The Hall–Kier alpha value is -2.60. The van der Waals surface area contributed by atoms with Crippen LogP contribution in [0, 0.1) is 6.92 Å². The molecule has 1 aromatic heterocycles. The van der Waals surface area contributed by atoms with E-state index in [1.165, 1.54) is 5.56 Å². The van der Waals surface area contributed by atoms with E-state index in [1.807, 2.05) is 42.5 Å². The molecule has 3 aromatic rings. The predicted octanol–water partition coefficient (Wildman–Crippen LogP) is 3.52. The van der Waals surface area contributed by atoms with Crippen molar-refractivity contribution in [2.75, 3.05) is 5.75 Å². The molecule has 0 unspecified atom stereocenters. The Morgan fingerprint density at radius 2 is 1.83 bits per heavy atom. The summed E-state index contributed by atoms with van der Waals surface area (Å²) in [6, 6.07) is 18.1. The first kappa shape index (κ1) is 15.0. The lowest BCUT2D eigenvalue weighted by molar-refractivity contribution is 0.290. The molecule has 1 aliphatic heterocycles. The summed E-state index contributed by atoms with van der Waals surface area (Å²) in [6.45, 7) is 2.39. The third-order valence-corrected chi connectivity index (χ3v) is 4.66. The molecular weight excluding hydrogens is 320 g/mol. The molecule has 2 heterocycles. The van der Waals surface area contributed by atoms with Crippen molar-refractivity contribution in [3.8, 4) is 5.75 Å². The molecule has 1 aliphatic rings. The number of nitrogens with zero attached hydrogens (tertiary/aromatic N) is 4. The average molecular weight is 336 g/mol. The standard InChI is InChI=1S/C18H16N4OS/c1-13-7-9-15(10-8-13)23-11-17-19-20-18-22(17)21-16(12-24-18)14-5-3-2-4-6-14/h2-10H,11-12H2,1H3. The van der Waals surface area contributed by atoms with Crippen LogP contribution in [-0.4, -0.2) is 26.3 Å². The highest BCUT2D eigenvalue weighted by molar-refractivity contribution is 7.99. The molecule has 4 rings (SSSR count). The van der Waals surface area contributed by atoms with Gasteiger partial charge in [-0.1, -0.05) is 59.8 Å². The lowest BCUT2D eigenvalue weighted by Crippen LogP contribution is -2.15. The van der Waals surface area contributed by atoms with Crippen LogP contribution in [0.15, 0.2) is 64.9 Å². The SMILES string of the molecule is Cc1ccc(OCc2nnc3n2N=C(c2ccccc2)CS3)cc1. The van der Waals surface area contributed by atoms with E-state index in [4.69, 9.17) is 9.84 Å². The van der Waals surface area contributed by atoms with E-state index in [2.05, 4.69) is 29.3 Å². The predicted molar refractivity (Wildman–Crippen MR) is 94.6 cm³/mol. The Morgan fingerprint density at radius 1 is 1.04 bits per heavy atom. The maximum absolute atomic E-state index is 5.81. The van der Waals surface area contributed by atoms with Crippen molar-refractivity contribution < 1.29 is 4.74 Å². The van der Waals surface area contributed by atoms with Crippen LogP contribution in [0.4, 0.5) is 0 Å². The summed E-state index contributed by atoms with van der Waals surface area (Å²) in [7, 11) is 0. The smallest absolute Gasteiger partial charge is 0.212 e. The molecule has 2 aromatic carbocycles. The number of hydrogen-bond acceptors (Lipinski definition) is 5. The van der Waals surface area contributed by atoms with Crippen LogP contribution in [-0.2, 0) is 6.61 Å². The van der Waals surface area contributed by atoms with Gasteiger partial charge in [0.05, 0.1) is 5.71 Å². The van der Waals surface area contributed by atoms with E-state index >= 15 is 0 Å². The summed E-state index contributed by atoms with van der Waals surface area (Å²) in [6.07, 6.45) is 0. The topological polar surface area (TPSA) is 52.3 Å². The van der Waals surface area contributed by atoms with E-state index in [0.717, 1.165) is 27.9 Å². The van der Waals surface area contributed by atoms with Gasteiger partial charge in [-0.05, 0) is 24.6 Å². The minimum Gasteiger partial charge on any atom is -0.486 e. The highest BCUT2D eigenvalue weighted by Gasteiger charge is 2.19. The maximum Gasteiger partial charge on any atom is 0.212 e. The molecule has 5 nitrogen and oxygen atoms in total. The Morgan fingerprint density at radius 3 is 2.62 bits per heavy atom. The van der Waals surface area contributed by atoms with Gasteiger partial charge >= 0.3 is 0 Å². The Balaban J connectivity index is 1.56. The zero-order valence-electron chi connectivity index (χ0n) is 13.2. The number of aryl methyl sites for hydroxylation is 1. The monoisotopic (exact) mass is 336 g/mol. The van der Waals surface area contributed by atoms with Crippen LogP contribution in [0.2, 0.25) is 0 Å². The average Bonchev–Trinajstić information content (AvgIpc) is 3.04. The van der Waals surface area contributed by atoms with Gasteiger partial charge in [-0.15, -0.1) is 10.2 Å². The second kappa shape index (κ2) is 6.49. The van der Waals surface area contributed by atoms with Crippen LogP contribution in [0.25, 0.3) is 0 Å². The first-order valence-corrected chi connectivity index (χ1v) is 8.68. The molecule has 0 amide bonds. The molecular formula is C18H16N4OS. The van der Waals surface area contributed by atoms with Crippen molar-refractivity contribution in [3.63, 3.8) is 0 Å². The fraction of sp³-hybridized carbons (Fsp3) is 0.167. The maximum atomic E-state index is 5.81. The zero-order chi connectivity index (χ0) is 16.4. The molecule has 24 heavy (non-hydrogen) atoms.